The number of fused-ring (bicyclic) bond motifs is 13. The number of likely N-dealkylation sites (N-methyl/N-ethyl adjacent to an activating group) is 1. The minimum absolute atomic E-state index is 0.124. The Labute approximate surface area is 265 Å². The van der Waals surface area contributed by atoms with E-state index < -0.39 is 35.9 Å². The average molecular weight is 664 g/mol. The fourth-order valence-electron chi connectivity index (χ4n) is 8.26. The Balaban J connectivity index is 1.41. The minimum Gasteiger partial charge on any atom is -0.374 e. The van der Waals surface area contributed by atoms with Crippen molar-refractivity contribution < 1.29 is 23.9 Å². The van der Waals surface area contributed by atoms with Crippen molar-refractivity contribution in [1.29, 1.82) is 0 Å². The summed E-state index contributed by atoms with van der Waals surface area (Å²) >= 11 is 3.47. The lowest BCUT2D eigenvalue weighted by Crippen LogP contribution is -2.61. The molecule has 1 N–H and O–H groups in total. The zero-order chi connectivity index (χ0) is 30.9. The number of ether oxygens (including phenoxy) is 2. The largest absolute Gasteiger partial charge is 0.374 e. The number of carbonyl (C=O) groups is 3. The topological polar surface area (TPSA) is 94.8 Å². The van der Waals surface area contributed by atoms with Gasteiger partial charge in [0.05, 0.1) is 39.2 Å². The summed E-state index contributed by atoms with van der Waals surface area (Å²) in [5, 5.41) is 5.73. The number of aromatic nitrogens is 2. The number of carbonyl (C=O) groups excluding carboxylic acids is 3. The number of hydrogen-bond donors (Lipinski definition) is 1. The van der Waals surface area contributed by atoms with Gasteiger partial charge in [-0.15, -0.1) is 0 Å². The lowest BCUT2D eigenvalue weighted by Gasteiger charge is -2.50. The first-order valence-electron chi connectivity index (χ1n) is 14.9. The van der Waals surface area contributed by atoms with E-state index in [-0.39, 0.29) is 5.91 Å². The van der Waals surface area contributed by atoms with Crippen molar-refractivity contribution in [3.05, 3.63) is 94.0 Å². The highest BCUT2D eigenvalue weighted by atomic mass is 79.9. The molecule has 0 unspecified atom stereocenters. The number of hydrogen-bond acceptors (Lipinski definition) is 5. The molecule has 224 valence electrons. The summed E-state index contributed by atoms with van der Waals surface area (Å²) < 4.78 is 18.7. The molecule has 10 heteroatoms. The lowest BCUT2D eigenvalue weighted by atomic mass is 9.91. The van der Waals surface area contributed by atoms with Gasteiger partial charge in [0.15, 0.2) is 5.72 Å². The first-order chi connectivity index (χ1) is 21.7. The van der Waals surface area contributed by atoms with Crippen LogP contribution in [0.3, 0.4) is 0 Å². The molecular formula is C35H27BrN4O5. The summed E-state index contributed by atoms with van der Waals surface area (Å²) in [6.45, 7) is 2.00. The monoisotopic (exact) mass is 662 g/mol. The summed E-state index contributed by atoms with van der Waals surface area (Å²) in [5.74, 6) is -0.931. The Hall–Kier alpha value is -4.51. The molecule has 0 aliphatic carbocycles. The van der Waals surface area contributed by atoms with Crippen LogP contribution in [0.5, 0.6) is 0 Å². The summed E-state index contributed by atoms with van der Waals surface area (Å²) in [7, 11) is 3.47. The van der Waals surface area contributed by atoms with Crippen LogP contribution >= 0.6 is 15.9 Å². The highest BCUT2D eigenvalue weighted by Gasteiger charge is 2.55. The third-order valence-electron chi connectivity index (χ3n) is 10.0. The Morgan fingerprint density at radius 2 is 1.53 bits per heavy atom. The van der Waals surface area contributed by atoms with Crippen molar-refractivity contribution in [2.24, 2.45) is 0 Å². The number of halogens is 1. The molecule has 0 spiro atoms. The summed E-state index contributed by atoms with van der Waals surface area (Å²) in [6.07, 6.45) is -0.673. The number of nitrogens with one attached hydrogen (secondary N) is 1. The normalized spacial score (nSPS) is 23.7. The molecule has 9 nitrogen and oxygen atoms in total. The smallest absolute Gasteiger partial charge is 0.259 e. The second-order valence-corrected chi connectivity index (χ2v) is 13.1. The number of methoxy groups -OCH3 is 1. The van der Waals surface area contributed by atoms with Gasteiger partial charge in [0.2, 0.25) is 0 Å². The number of benzene rings is 4. The lowest BCUT2D eigenvalue weighted by molar-refractivity contribution is -0.264. The van der Waals surface area contributed by atoms with Gasteiger partial charge in [0.1, 0.15) is 12.3 Å². The molecule has 3 aliphatic heterocycles. The van der Waals surface area contributed by atoms with Crippen molar-refractivity contribution in [3.8, 4) is 0 Å². The molecule has 4 atom stereocenters. The van der Waals surface area contributed by atoms with Gasteiger partial charge in [-0.1, -0.05) is 52.3 Å². The summed E-state index contributed by atoms with van der Waals surface area (Å²) in [6, 6.07) is 22.8. The van der Waals surface area contributed by atoms with E-state index >= 15 is 0 Å². The highest BCUT2D eigenvalue weighted by Crippen LogP contribution is 2.54. The van der Waals surface area contributed by atoms with Crippen LogP contribution in [0.15, 0.2) is 77.3 Å². The highest BCUT2D eigenvalue weighted by molar-refractivity contribution is 9.10. The van der Waals surface area contributed by atoms with E-state index in [0.717, 1.165) is 42.7 Å². The molecule has 2 bridgehead atoms. The van der Waals surface area contributed by atoms with Gasteiger partial charge in [0.25, 0.3) is 17.7 Å². The van der Waals surface area contributed by atoms with E-state index in [9.17, 15) is 14.4 Å². The fourth-order valence-corrected chi connectivity index (χ4v) is 8.52. The SMILES string of the molecule is CO[C@@H]1[C@H](N(C)C(=O)c2ccc(Br)cc2)C[C@H]2O[C@]1(C)n1c3ccccc3c3c4c(c5c6ccccc6n2c5c31)C(=O)NC4=O. The van der Waals surface area contributed by atoms with Crippen LogP contribution in [-0.2, 0) is 15.2 Å². The van der Waals surface area contributed by atoms with E-state index in [4.69, 9.17) is 9.47 Å². The zero-order valence-electron chi connectivity index (χ0n) is 24.6. The van der Waals surface area contributed by atoms with Crippen LogP contribution in [0.25, 0.3) is 43.6 Å². The van der Waals surface area contributed by atoms with Gasteiger partial charge < -0.3 is 23.5 Å². The van der Waals surface area contributed by atoms with E-state index in [1.165, 1.54) is 0 Å². The Bertz CT molecular complexity index is 2320. The molecule has 9 rings (SSSR count). The van der Waals surface area contributed by atoms with Gasteiger partial charge in [-0.2, -0.15) is 0 Å². The maximum Gasteiger partial charge on any atom is 0.259 e. The van der Waals surface area contributed by atoms with Crippen molar-refractivity contribution in [3.63, 3.8) is 0 Å². The summed E-state index contributed by atoms with van der Waals surface area (Å²) in [5.41, 5.74) is 3.60. The van der Waals surface area contributed by atoms with Crippen LogP contribution in [0.2, 0.25) is 0 Å². The Morgan fingerprint density at radius 3 is 2.20 bits per heavy atom. The third kappa shape index (κ3) is 3.26. The quantitative estimate of drug-likeness (QED) is 0.224. The number of amides is 3. The van der Waals surface area contributed by atoms with Crippen LogP contribution in [0.1, 0.15) is 50.6 Å². The fraction of sp³-hybridized carbons (Fsp3) is 0.229. The van der Waals surface area contributed by atoms with Crippen molar-refractivity contribution >= 4 is 77.3 Å². The average Bonchev–Trinajstić information content (AvgIpc) is 3.65. The van der Waals surface area contributed by atoms with Crippen LogP contribution in [-0.4, -0.2) is 58.1 Å². The summed E-state index contributed by atoms with van der Waals surface area (Å²) in [4.78, 5) is 42.9. The maximum atomic E-state index is 14.0. The first-order valence-corrected chi connectivity index (χ1v) is 15.6. The Kier molecular flexibility index (Phi) is 5.39. The molecule has 4 aromatic carbocycles. The third-order valence-corrected chi connectivity index (χ3v) is 10.6. The predicted octanol–water partition coefficient (Wildman–Crippen LogP) is 6.31. The van der Waals surface area contributed by atoms with Crippen LogP contribution < -0.4 is 5.32 Å². The molecule has 5 heterocycles. The molecule has 1 fully saturated rings. The predicted molar refractivity (Wildman–Crippen MR) is 173 cm³/mol. The van der Waals surface area contributed by atoms with E-state index in [2.05, 4.69) is 30.4 Å². The number of rotatable bonds is 3. The molecule has 2 aromatic heterocycles. The van der Waals surface area contributed by atoms with Crippen LogP contribution in [0.4, 0.5) is 0 Å². The van der Waals surface area contributed by atoms with Crippen molar-refractivity contribution in [1.82, 2.24) is 19.4 Å². The molecule has 3 aliphatic rings. The second-order valence-electron chi connectivity index (χ2n) is 12.2. The molecule has 45 heavy (non-hydrogen) atoms. The van der Waals surface area contributed by atoms with Gasteiger partial charge in [0, 0.05) is 52.2 Å². The number of nitrogens with zero attached hydrogens (tertiary/aromatic N) is 3. The maximum absolute atomic E-state index is 14.0. The van der Waals surface area contributed by atoms with E-state index in [1.807, 2.05) is 86.8 Å². The van der Waals surface area contributed by atoms with Crippen molar-refractivity contribution in [2.45, 2.75) is 37.4 Å². The first kappa shape index (κ1) is 26.9. The minimum atomic E-state index is -1.11. The molecule has 0 saturated carbocycles. The van der Waals surface area contributed by atoms with Crippen molar-refractivity contribution in [2.75, 3.05) is 14.2 Å². The standard InChI is InChI=1S/C35H27BrN4O5/c1-35-31(44-3)23(38(2)34(43)17-12-14-18(36)15-13-17)16-24(45-35)39-21-10-6-4-8-19(21)25-27-28(33(42)37-32(27)41)26-20-9-5-7-11-22(20)40(35)30(26)29(25)39/h4-15,23-24,31H,16H2,1-3H3,(H,37,41,42)/t23-,24-,31-,35+/m1/s1. The number of para-hydroxylation sites is 2. The number of imide groups is 1. The van der Waals surface area contributed by atoms with Gasteiger partial charge in [-0.05, 0) is 43.3 Å². The van der Waals surface area contributed by atoms with Crippen LogP contribution in [0, 0.1) is 0 Å². The molecule has 6 aromatic rings. The van der Waals surface area contributed by atoms with Gasteiger partial charge in [-0.3, -0.25) is 19.7 Å². The second kappa shape index (κ2) is 9.03. The molecule has 3 amide bonds. The molecule has 0 radical (unpaired) electrons. The van der Waals surface area contributed by atoms with Gasteiger partial charge in [-0.25, -0.2) is 0 Å². The van der Waals surface area contributed by atoms with E-state index in [1.54, 1.807) is 12.0 Å². The molecular weight excluding hydrogens is 636 g/mol. The zero-order valence-corrected chi connectivity index (χ0v) is 26.2. The van der Waals surface area contributed by atoms with E-state index in [0.29, 0.717) is 28.5 Å². The Morgan fingerprint density at radius 1 is 0.933 bits per heavy atom. The van der Waals surface area contributed by atoms with Gasteiger partial charge >= 0.3 is 0 Å². The molecule has 1 saturated heterocycles.